The van der Waals surface area contributed by atoms with Gasteiger partial charge in [0.15, 0.2) is 0 Å². The van der Waals surface area contributed by atoms with Gasteiger partial charge >= 0.3 is 0 Å². The molecular weight excluding hydrogens is 504 g/mol. The lowest BCUT2D eigenvalue weighted by Crippen LogP contribution is -2.21. The van der Waals surface area contributed by atoms with E-state index in [9.17, 15) is 19.2 Å². The number of rotatable bonds is 16. The van der Waals surface area contributed by atoms with E-state index in [0.717, 1.165) is 30.6 Å². The smallest absolute Gasteiger partial charge is 0.260 e. The highest BCUT2D eigenvalue weighted by atomic mass is 32.1. The number of fused-ring (bicyclic) bond motifs is 2. The topological polar surface area (TPSA) is 92.3 Å². The van der Waals surface area contributed by atoms with E-state index in [1.807, 2.05) is 0 Å². The highest BCUT2D eigenvalue weighted by Crippen LogP contribution is 2.48. The van der Waals surface area contributed by atoms with Crippen LogP contribution in [0.4, 0.5) is 0 Å². The molecule has 0 unspecified atom stereocenters. The Hall–Kier alpha value is -2.32. The molecule has 2 aromatic heterocycles. The average Bonchev–Trinajstić information content (AvgIpc) is 3.61. The summed E-state index contributed by atoms with van der Waals surface area (Å²) in [5, 5.41) is 6.52. The molecule has 4 amide bonds. The summed E-state index contributed by atoms with van der Waals surface area (Å²) in [6, 6.07) is 0. The predicted molar refractivity (Wildman–Crippen MR) is 150 cm³/mol. The van der Waals surface area contributed by atoms with Gasteiger partial charge in [-0.25, -0.2) is 0 Å². The quantitative estimate of drug-likeness (QED) is 0.167. The SMILES string of the molecule is CCCCCCCCC(CCCCCCCC)c1sc(-c2scc3c2C(=O)NC3=O)c2c1C(=O)NC2=O. The van der Waals surface area contributed by atoms with E-state index in [4.69, 9.17) is 0 Å². The fourth-order valence-corrected chi connectivity index (χ4v) is 8.14. The van der Waals surface area contributed by atoms with Gasteiger partial charge in [0, 0.05) is 10.3 Å². The summed E-state index contributed by atoms with van der Waals surface area (Å²) < 4.78 is 0. The van der Waals surface area contributed by atoms with Crippen molar-refractivity contribution in [2.75, 3.05) is 0 Å². The van der Waals surface area contributed by atoms with E-state index in [1.54, 1.807) is 5.38 Å². The van der Waals surface area contributed by atoms with Crippen LogP contribution in [0, 0.1) is 0 Å². The van der Waals surface area contributed by atoms with Gasteiger partial charge in [-0.3, -0.25) is 29.8 Å². The molecule has 200 valence electrons. The van der Waals surface area contributed by atoms with E-state index in [2.05, 4.69) is 24.5 Å². The molecule has 0 aromatic carbocycles. The Balaban J connectivity index is 1.61. The van der Waals surface area contributed by atoms with Gasteiger partial charge in [0.1, 0.15) is 0 Å². The molecular formula is C29H38N2O4S2. The number of hydrogen-bond acceptors (Lipinski definition) is 6. The zero-order valence-electron chi connectivity index (χ0n) is 22.0. The first-order valence-corrected chi connectivity index (χ1v) is 15.7. The Bertz CT molecular complexity index is 1150. The van der Waals surface area contributed by atoms with Crippen molar-refractivity contribution < 1.29 is 19.2 Å². The van der Waals surface area contributed by atoms with Crippen molar-refractivity contribution in [2.45, 2.75) is 110 Å². The van der Waals surface area contributed by atoms with Crippen LogP contribution in [-0.2, 0) is 0 Å². The molecule has 4 rings (SSSR count). The van der Waals surface area contributed by atoms with Crippen LogP contribution in [0.2, 0.25) is 0 Å². The summed E-state index contributed by atoms with van der Waals surface area (Å²) in [5.41, 5.74) is 1.58. The van der Waals surface area contributed by atoms with Crippen LogP contribution in [0.1, 0.15) is 156 Å². The Kier molecular flexibility index (Phi) is 9.71. The van der Waals surface area contributed by atoms with Crippen LogP contribution in [0.25, 0.3) is 9.75 Å². The van der Waals surface area contributed by atoms with Crippen LogP contribution in [0.15, 0.2) is 5.38 Å². The van der Waals surface area contributed by atoms with Gasteiger partial charge < -0.3 is 0 Å². The number of carbonyl (C=O) groups excluding carboxylic acids is 4. The summed E-state index contributed by atoms with van der Waals surface area (Å²) in [4.78, 5) is 52.8. The minimum absolute atomic E-state index is 0.213. The van der Waals surface area contributed by atoms with E-state index in [0.29, 0.717) is 32.0 Å². The van der Waals surface area contributed by atoms with Crippen LogP contribution in [0.5, 0.6) is 0 Å². The second-order valence-electron chi connectivity index (χ2n) is 10.3. The maximum absolute atomic E-state index is 13.0. The van der Waals surface area contributed by atoms with Gasteiger partial charge in [0.25, 0.3) is 23.6 Å². The number of imide groups is 2. The number of thiophene rings is 2. The standard InChI is InChI=1S/C29H38N2O4S2/c1-3-5-7-9-11-13-15-18(16-14-12-10-8-6-4-2)23-21-22(29(35)31-28(21)34)25(37-23)24-20-19(17-36-24)26(32)30-27(20)33/h17-18H,3-16H2,1-2H3,(H,30,32,33)(H,31,34,35). The lowest BCUT2D eigenvalue weighted by molar-refractivity contribution is 0.0862. The van der Waals surface area contributed by atoms with Crippen LogP contribution in [0.3, 0.4) is 0 Å². The Morgan fingerprint density at radius 2 is 1.14 bits per heavy atom. The van der Waals surface area contributed by atoms with Crippen molar-refractivity contribution in [3.8, 4) is 9.75 Å². The molecule has 8 heteroatoms. The molecule has 0 aliphatic carbocycles. The zero-order chi connectivity index (χ0) is 26.4. The first kappa shape index (κ1) is 27.7. The summed E-state index contributed by atoms with van der Waals surface area (Å²) in [7, 11) is 0. The monoisotopic (exact) mass is 542 g/mol. The van der Waals surface area contributed by atoms with Gasteiger partial charge in [0.05, 0.1) is 32.0 Å². The van der Waals surface area contributed by atoms with Gasteiger partial charge in [-0.05, 0) is 18.8 Å². The molecule has 2 N–H and O–H groups in total. The molecule has 0 atom stereocenters. The second kappa shape index (κ2) is 13.0. The van der Waals surface area contributed by atoms with Gasteiger partial charge in [0.2, 0.25) is 0 Å². The van der Waals surface area contributed by atoms with E-state index >= 15 is 0 Å². The third-order valence-electron chi connectivity index (χ3n) is 7.50. The molecule has 0 saturated heterocycles. The fraction of sp³-hybridized carbons (Fsp3) is 0.586. The van der Waals surface area contributed by atoms with Crippen molar-refractivity contribution in [3.63, 3.8) is 0 Å². The molecule has 6 nitrogen and oxygen atoms in total. The van der Waals surface area contributed by atoms with E-state index < -0.39 is 17.7 Å². The Morgan fingerprint density at radius 3 is 1.76 bits per heavy atom. The number of nitrogens with one attached hydrogen (secondary N) is 2. The van der Waals surface area contributed by atoms with Crippen molar-refractivity contribution >= 4 is 46.3 Å². The van der Waals surface area contributed by atoms with Crippen molar-refractivity contribution in [1.82, 2.24) is 10.6 Å². The van der Waals surface area contributed by atoms with E-state index in [1.165, 1.54) is 86.9 Å². The first-order valence-electron chi connectivity index (χ1n) is 14.0. The number of amides is 4. The van der Waals surface area contributed by atoms with Gasteiger partial charge in [-0.1, -0.05) is 90.9 Å². The summed E-state index contributed by atoms with van der Waals surface area (Å²) >= 11 is 2.79. The van der Waals surface area contributed by atoms with Crippen molar-refractivity contribution in [2.24, 2.45) is 0 Å². The summed E-state index contributed by atoms with van der Waals surface area (Å²) in [6.07, 6.45) is 16.5. The molecule has 2 aliphatic rings. The maximum atomic E-state index is 13.0. The minimum Gasteiger partial charge on any atom is -0.288 e. The summed E-state index contributed by atoms with van der Waals surface area (Å²) in [5.74, 6) is -1.35. The van der Waals surface area contributed by atoms with E-state index in [-0.39, 0.29) is 11.8 Å². The maximum Gasteiger partial charge on any atom is 0.260 e. The third-order valence-corrected chi connectivity index (χ3v) is 9.99. The number of carbonyl (C=O) groups is 4. The van der Waals surface area contributed by atoms with Crippen LogP contribution in [-0.4, -0.2) is 23.6 Å². The normalized spacial score (nSPS) is 14.5. The number of unbranched alkanes of at least 4 members (excludes halogenated alkanes) is 10. The van der Waals surface area contributed by atoms with Crippen LogP contribution >= 0.6 is 22.7 Å². The van der Waals surface area contributed by atoms with Gasteiger partial charge in [-0.2, -0.15) is 0 Å². The minimum atomic E-state index is -0.430. The largest absolute Gasteiger partial charge is 0.288 e. The molecule has 0 fully saturated rings. The molecule has 0 saturated carbocycles. The third kappa shape index (κ3) is 6.06. The molecule has 0 radical (unpaired) electrons. The molecule has 4 heterocycles. The van der Waals surface area contributed by atoms with Crippen LogP contribution < -0.4 is 10.6 Å². The predicted octanol–water partition coefficient (Wildman–Crippen LogP) is 7.83. The number of hydrogen-bond donors (Lipinski definition) is 2. The molecule has 37 heavy (non-hydrogen) atoms. The first-order chi connectivity index (χ1) is 18.0. The lowest BCUT2D eigenvalue weighted by atomic mass is 9.90. The molecule has 2 aliphatic heterocycles. The molecule has 2 aromatic rings. The van der Waals surface area contributed by atoms with Crippen molar-refractivity contribution in [1.29, 1.82) is 0 Å². The lowest BCUT2D eigenvalue weighted by Gasteiger charge is -2.17. The van der Waals surface area contributed by atoms with Gasteiger partial charge in [-0.15, -0.1) is 22.7 Å². The van der Waals surface area contributed by atoms with Crippen molar-refractivity contribution in [3.05, 3.63) is 32.5 Å². The average molecular weight is 543 g/mol. The Morgan fingerprint density at radius 1 is 0.622 bits per heavy atom. The Labute approximate surface area is 227 Å². The molecule has 0 bridgehead atoms. The highest BCUT2D eigenvalue weighted by Gasteiger charge is 2.40. The highest BCUT2D eigenvalue weighted by molar-refractivity contribution is 7.22. The second-order valence-corrected chi connectivity index (χ2v) is 12.2. The fourth-order valence-electron chi connectivity index (χ4n) is 5.47. The molecule has 0 spiro atoms. The zero-order valence-corrected chi connectivity index (χ0v) is 23.6. The summed E-state index contributed by atoms with van der Waals surface area (Å²) in [6.45, 7) is 4.45.